The predicted octanol–water partition coefficient (Wildman–Crippen LogP) is 3.52. The van der Waals surface area contributed by atoms with E-state index in [4.69, 9.17) is 9.15 Å². The number of rotatable bonds is 4. The monoisotopic (exact) mass is 259 g/mol. The molecule has 1 N–H and O–H groups in total. The third-order valence-corrected chi connectivity index (χ3v) is 2.46. The molecule has 1 amide bonds. The average molecular weight is 259 g/mol. The number of amides is 1. The third kappa shape index (κ3) is 3.61. The highest BCUT2D eigenvalue weighted by atomic mass is 16.6. The van der Waals surface area contributed by atoms with Crippen LogP contribution in [0.4, 0.5) is 0 Å². The van der Waals surface area contributed by atoms with E-state index < -0.39 is 0 Å². The van der Waals surface area contributed by atoms with Gasteiger partial charge >= 0.3 is 0 Å². The number of nitrogens with one attached hydrogen (secondary N) is 1. The van der Waals surface area contributed by atoms with Crippen molar-refractivity contribution in [3.8, 4) is 11.7 Å². The highest BCUT2D eigenvalue weighted by Gasteiger charge is 2.12. The molecule has 0 aliphatic carbocycles. The molecule has 0 radical (unpaired) electrons. The van der Waals surface area contributed by atoms with Crippen molar-refractivity contribution in [3.05, 3.63) is 47.7 Å². The minimum absolute atomic E-state index is 0.0686. The molecule has 4 nitrogen and oxygen atoms in total. The lowest BCUT2D eigenvalue weighted by molar-refractivity contribution is 0.0910. The molecule has 0 bridgehead atoms. The quantitative estimate of drug-likeness (QED) is 0.914. The van der Waals surface area contributed by atoms with Crippen LogP contribution in [0.2, 0.25) is 0 Å². The molecule has 2 rings (SSSR count). The Bertz CT molecular complexity index is 555. The van der Waals surface area contributed by atoms with Gasteiger partial charge in [0.2, 0.25) is 0 Å². The lowest BCUT2D eigenvalue weighted by atomic mass is 10.2. The van der Waals surface area contributed by atoms with Crippen LogP contribution >= 0.6 is 0 Å². The Kier molecular flexibility index (Phi) is 3.90. The lowest BCUT2D eigenvalue weighted by Gasteiger charge is -2.05. The summed E-state index contributed by atoms with van der Waals surface area (Å²) in [6.07, 6.45) is 0. The van der Waals surface area contributed by atoms with E-state index in [1.54, 1.807) is 12.1 Å². The Balaban J connectivity index is 2.05. The van der Waals surface area contributed by atoms with Gasteiger partial charge in [0.1, 0.15) is 5.75 Å². The van der Waals surface area contributed by atoms with Crippen LogP contribution < -0.4 is 10.1 Å². The molecule has 0 spiro atoms. The highest BCUT2D eigenvalue weighted by Crippen LogP contribution is 2.23. The lowest BCUT2D eigenvalue weighted by Crippen LogP contribution is -2.29. The molecule has 0 unspecified atom stereocenters. The van der Waals surface area contributed by atoms with Crippen LogP contribution in [-0.2, 0) is 0 Å². The first-order valence-corrected chi connectivity index (χ1v) is 6.20. The van der Waals surface area contributed by atoms with Crippen molar-refractivity contribution in [2.75, 3.05) is 0 Å². The van der Waals surface area contributed by atoms with Crippen molar-refractivity contribution in [1.82, 2.24) is 5.32 Å². The van der Waals surface area contributed by atoms with Gasteiger partial charge in [-0.2, -0.15) is 0 Å². The zero-order valence-corrected chi connectivity index (χ0v) is 11.3. The summed E-state index contributed by atoms with van der Waals surface area (Å²) in [6, 6.07) is 10.9. The van der Waals surface area contributed by atoms with Gasteiger partial charge < -0.3 is 14.5 Å². The standard InChI is InChI=1S/C15H17NO3/c1-10(2)16-15(17)13-8-9-14(19-13)18-12-6-4-11(3)5-7-12/h4-10H,1-3H3,(H,16,17). The zero-order chi connectivity index (χ0) is 13.8. The number of aryl methyl sites for hydroxylation is 1. The van der Waals surface area contributed by atoms with Crippen LogP contribution in [0.1, 0.15) is 30.0 Å². The van der Waals surface area contributed by atoms with Gasteiger partial charge in [-0.1, -0.05) is 17.7 Å². The zero-order valence-electron chi connectivity index (χ0n) is 11.3. The van der Waals surface area contributed by atoms with Gasteiger partial charge in [-0.25, -0.2) is 0 Å². The van der Waals surface area contributed by atoms with Crippen molar-refractivity contribution in [3.63, 3.8) is 0 Å². The van der Waals surface area contributed by atoms with Crippen molar-refractivity contribution in [2.45, 2.75) is 26.8 Å². The second-order valence-electron chi connectivity index (χ2n) is 4.66. The van der Waals surface area contributed by atoms with Crippen LogP contribution in [0.5, 0.6) is 11.7 Å². The molecule has 0 saturated heterocycles. The Morgan fingerprint density at radius 1 is 1.16 bits per heavy atom. The second-order valence-corrected chi connectivity index (χ2v) is 4.66. The first-order valence-electron chi connectivity index (χ1n) is 6.20. The topological polar surface area (TPSA) is 51.5 Å². The first-order chi connectivity index (χ1) is 9.04. The van der Waals surface area contributed by atoms with Crippen LogP contribution in [0.15, 0.2) is 40.8 Å². The molecule has 0 fully saturated rings. The van der Waals surface area contributed by atoms with Crippen LogP contribution in [-0.4, -0.2) is 11.9 Å². The van der Waals surface area contributed by atoms with Crippen LogP contribution in [0, 0.1) is 6.92 Å². The number of furan rings is 1. The molecular weight excluding hydrogens is 242 g/mol. The number of carbonyl (C=O) groups excluding carboxylic acids is 1. The number of hydrogen-bond acceptors (Lipinski definition) is 3. The maximum Gasteiger partial charge on any atom is 0.290 e. The van der Waals surface area contributed by atoms with Gasteiger partial charge in [0.05, 0.1) is 0 Å². The van der Waals surface area contributed by atoms with Crippen LogP contribution in [0.3, 0.4) is 0 Å². The highest BCUT2D eigenvalue weighted by molar-refractivity contribution is 5.91. The Hall–Kier alpha value is -2.23. The van der Waals surface area contributed by atoms with E-state index >= 15 is 0 Å². The molecule has 100 valence electrons. The molecule has 19 heavy (non-hydrogen) atoms. The van der Waals surface area contributed by atoms with Crippen LogP contribution in [0.25, 0.3) is 0 Å². The average Bonchev–Trinajstić information content (AvgIpc) is 2.80. The summed E-state index contributed by atoms with van der Waals surface area (Å²) in [4.78, 5) is 11.7. The summed E-state index contributed by atoms with van der Waals surface area (Å²) >= 11 is 0. The van der Waals surface area contributed by atoms with Gasteiger partial charge in [0.25, 0.3) is 11.9 Å². The Morgan fingerprint density at radius 3 is 2.47 bits per heavy atom. The molecule has 0 aliphatic heterocycles. The smallest absolute Gasteiger partial charge is 0.290 e. The molecule has 4 heteroatoms. The largest absolute Gasteiger partial charge is 0.426 e. The molecule has 1 aromatic heterocycles. The van der Waals surface area contributed by atoms with Gasteiger partial charge in [-0.15, -0.1) is 0 Å². The van der Waals surface area contributed by atoms with E-state index in [-0.39, 0.29) is 17.7 Å². The van der Waals surface area contributed by atoms with Crippen molar-refractivity contribution in [2.24, 2.45) is 0 Å². The Labute approximate surface area is 112 Å². The summed E-state index contributed by atoms with van der Waals surface area (Å²) in [6.45, 7) is 5.79. The van der Waals surface area contributed by atoms with Crippen molar-refractivity contribution >= 4 is 5.91 Å². The van der Waals surface area contributed by atoms with E-state index in [0.717, 1.165) is 5.56 Å². The number of hydrogen-bond donors (Lipinski definition) is 1. The summed E-state index contributed by atoms with van der Waals surface area (Å²) in [7, 11) is 0. The number of carbonyl (C=O) groups is 1. The number of ether oxygens (including phenoxy) is 1. The molecule has 0 atom stereocenters. The number of benzene rings is 1. The van der Waals surface area contributed by atoms with Gasteiger partial charge in [-0.05, 0) is 39.0 Å². The minimum Gasteiger partial charge on any atom is -0.426 e. The fraction of sp³-hybridized carbons (Fsp3) is 0.267. The van der Waals surface area contributed by atoms with E-state index in [1.165, 1.54) is 0 Å². The fourth-order valence-corrected chi connectivity index (χ4v) is 1.55. The predicted molar refractivity (Wildman–Crippen MR) is 72.6 cm³/mol. The summed E-state index contributed by atoms with van der Waals surface area (Å²) < 4.78 is 10.9. The van der Waals surface area contributed by atoms with Crippen molar-refractivity contribution in [1.29, 1.82) is 0 Å². The normalized spacial score (nSPS) is 10.5. The molecule has 0 saturated carbocycles. The SMILES string of the molecule is Cc1ccc(Oc2ccc(C(=O)NC(C)C)o2)cc1. The van der Waals surface area contributed by atoms with E-state index in [9.17, 15) is 4.79 Å². The molecule has 1 aromatic carbocycles. The molecule has 0 aliphatic rings. The fourth-order valence-electron chi connectivity index (χ4n) is 1.55. The maximum atomic E-state index is 11.7. The summed E-state index contributed by atoms with van der Waals surface area (Å²) in [5.74, 6) is 0.984. The van der Waals surface area contributed by atoms with Gasteiger partial charge in [0, 0.05) is 12.1 Å². The third-order valence-electron chi connectivity index (χ3n) is 2.46. The molecule has 1 heterocycles. The summed E-state index contributed by atoms with van der Waals surface area (Å²) in [5.41, 5.74) is 1.16. The molecule has 2 aromatic rings. The van der Waals surface area contributed by atoms with E-state index in [1.807, 2.05) is 45.0 Å². The van der Waals surface area contributed by atoms with Gasteiger partial charge in [0.15, 0.2) is 5.76 Å². The maximum absolute atomic E-state index is 11.7. The second kappa shape index (κ2) is 5.61. The Morgan fingerprint density at radius 2 is 1.84 bits per heavy atom. The van der Waals surface area contributed by atoms with E-state index in [2.05, 4.69) is 5.32 Å². The van der Waals surface area contributed by atoms with Gasteiger partial charge in [-0.3, -0.25) is 4.79 Å². The van der Waals surface area contributed by atoms with E-state index in [0.29, 0.717) is 11.7 Å². The summed E-state index contributed by atoms with van der Waals surface area (Å²) in [5, 5.41) is 2.76. The first kappa shape index (κ1) is 13.2. The van der Waals surface area contributed by atoms with Crippen molar-refractivity contribution < 1.29 is 13.9 Å². The molecular formula is C15H17NO3. The minimum atomic E-state index is -0.242.